The molecule has 2 heterocycles. The van der Waals surface area contributed by atoms with Crippen molar-refractivity contribution in [3.05, 3.63) is 28.0 Å². The van der Waals surface area contributed by atoms with Gasteiger partial charge in [-0.15, -0.1) is 16.4 Å². The highest BCUT2D eigenvalue weighted by Crippen LogP contribution is 2.20. The molecule has 2 aromatic heterocycles. The minimum Gasteiger partial charge on any atom is -0.354 e. The number of carbonyl (C=O) groups excluding carboxylic acids is 1. The van der Waals surface area contributed by atoms with Gasteiger partial charge in [0, 0.05) is 19.0 Å². The second-order valence-electron chi connectivity index (χ2n) is 5.87. The maximum atomic E-state index is 12.1. The van der Waals surface area contributed by atoms with E-state index >= 15 is 0 Å². The molecule has 6 nitrogen and oxygen atoms in total. The molecule has 2 aromatic rings. The summed E-state index contributed by atoms with van der Waals surface area (Å²) in [5.41, 5.74) is -0.611. The molecular formula is C14H20N4O2S. The topological polar surface area (TPSA) is 68.9 Å². The van der Waals surface area contributed by atoms with Crippen molar-refractivity contribution in [1.82, 2.24) is 19.7 Å². The van der Waals surface area contributed by atoms with Crippen LogP contribution in [-0.4, -0.2) is 26.8 Å². The lowest BCUT2D eigenvalue weighted by molar-refractivity contribution is -0.128. The lowest BCUT2D eigenvalue weighted by atomic mass is 9.96. The van der Waals surface area contributed by atoms with E-state index < -0.39 is 5.41 Å². The van der Waals surface area contributed by atoms with Crippen LogP contribution in [0, 0.1) is 5.41 Å². The Morgan fingerprint density at radius 3 is 2.71 bits per heavy atom. The van der Waals surface area contributed by atoms with Crippen LogP contribution >= 0.6 is 11.3 Å². The molecule has 0 spiro atoms. The Morgan fingerprint density at radius 1 is 1.43 bits per heavy atom. The summed E-state index contributed by atoms with van der Waals surface area (Å²) in [6.45, 7) is 6.30. The van der Waals surface area contributed by atoms with Crippen LogP contribution in [0.3, 0.4) is 0 Å². The Bertz CT molecular complexity index is 677. The smallest absolute Gasteiger partial charge is 0.346 e. The van der Waals surface area contributed by atoms with Crippen molar-refractivity contribution >= 4 is 17.2 Å². The van der Waals surface area contributed by atoms with Gasteiger partial charge in [-0.3, -0.25) is 9.36 Å². The summed E-state index contributed by atoms with van der Waals surface area (Å²) in [7, 11) is 1.70. The van der Waals surface area contributed by atoms with E-state index in [1.165, 1.54) is 20.6 Å². The van der Waals surface area contributed by atoms with E-state index in [1.54, 1.807) is 7.05 Å². The highest BCUT2D eigenvalue weighted by atomic mass is 32.1. The van der Waals surface area contributed by atoms with Gasteiger partial charge in [-0.1, -0.05) is 26.8 Å². The van der Waals surface area contributed by atoms with Crippen molar-refractivity contribution in [2.24, 2.45) is 12.5 Å². The molecule has 2 rings (SSSR count). The van der Waals surface area contributed by atoms with Crippen molar-refractivity contribution in [3.63, 3.8) is 0 Å². The van der Waals surface area contributed by atoms with E-state index in [-0.39, 0.29) is 11.6 Å². The minimum absolute atomic E-state index is 0.0371. The summed E-state index contributed by atoms with van der Waals surface area (Å²) in [5.74, 6) is 0.613. The van der Waals surface area contributed by atoms with Gasteiger partial charge in [-0.05, 0) is 11.4 Å². The summed E-state index contributed by atoms with van der Waals surface area (Å²) in [6, 6.07) is 3.85. The van der Waals surface area contributed by atoms with Gasteiger partial charge >= 0.3 is 5.69 Å². The van der Waals surface area contributed by atoms with Crippen molar-refractivity contribution in [1.29, 1.82) is 0 Å². The van der Waals surface area contributed by atoms with E-state index in [0.717, 1.165) is 4.88 Å². The third kappa shape index (κ3) is 3.41. The average Bonchev–Trinajstić information content (AvgIpc) is 3.01. The molecule has 0 saturated carbocycles. The fourth-order valence-electron chi connectivity index (χ4n) is 1.79. The molecule has 1 amide bonds. The van der Waals surface area contributed by atoms with Gasteiger partial charge < -0.3 is 5.32 Å². The molecule has 21 heavy (non-hydrogen) atoms. The summed E-state index contributed by atoms with van der Waals surface area (Å²) in [4.78, 5) is 24.8. The lowest BCUT2D eigenvalue weighted by Crippen LogP contribution is -2.38. The summed E-state index contributed by atoms with van der Waals surface area (Å²) < 4.78 is 2.91. The summed E-state index contributed by atoms with van der Waals surface area (Å²) >= 11 is 1.54. The van der Waals surface area contributed by atoms with Crippen molar-refractivity contribution in [2.45, 2.75) is 27.3 Å². The van der Waals surface area contributed by atoms with E-state index in [9.17, 15) is 9.59 Å². The van der Waals surface area contributed by atoms with E-state index in [0.29, 0.717) is 18.9 Å². The normalized spacial score (nSPS) is 11.6. The van der Waals surface area contributed by atoms with Crippen LogP contribution in [0.2, 0.25) is 0 Å². The zero-order chi connectivity index (χ0) is 15.6. The van der Waals surface area contributed by atoms with Crippen LogP contribution in [0.5, 0.6) is 0 Å². The number of hydrogen-bond donors (Lipinski definition) is 1. The first kappa shape index (κ1) is 15.5. The van der Waals surface area contributed by atoms with Gasteiger partial charge in [0.25, 0.3) is 0 Å². The second-order valence-corrected chi connectivity index (χ2v) is 6.82. The number of rotatable bonds is 4. The molecule has 7 heteroatoms. The highest BCUT2D eigenvalue weighted by Gasteiger charge is 2.20. The van der Waals surface area contributed by atoms with Gasteiger partial charge in [0.15, 0.2) is 5.82 Å². The zero-order valence-corrected chi connectivity index (χ0v) is 13.5. The third-order valence-electron chi connectivity index (χ3n) is 3.07. The minimum atomic E-state index is -0.433. The standard InChI is InChI=1S/C14H20N4O2S/c1-14(2,3)12(19)15-7-8-18-13(20)17(4)11(16-18)10-6-5-9-21-10/h5-6,9H,7-8H2,1-4H3,(H,15,19). The Kier molecular flexibility index (Phi) is 4.32. The van der Waals surface area contributed by atoms with E-state index in [4.69, 9.17) is 0 Å². The average molecular weight is 308 g/mol. The number of aromatic nitrogens is 3. The van der Waals surface area contributed by atoms with Crippen molar-refractivity contribution in [3.8, 4) is 10.7 Å². The Labute approximate surface area is 127 Å². The van der Waals surface area contributed by atoms with Crippen LogP contribution < -0.4 is 11.0 Å². The SMILES string of the molecule is Cn1c(-c2cccs2)nn(CCNC(=O)C(C)(C)C)c1=O. The Morgan fingerprint density at radius 2 is 2.14 bits per heavy atom. The predicted molar refractivity (Wildman–Crippen MR) is 83.2 cm³/mol. The molecule has 0 aliphatic rings. The second kappa shape index (κ2) is 5.85. The first-order valence-electron chi connectivity index (χ1n) is 6.76. The number of thiophene rings is 1. The van der Waals surface area contributed by atoms with Crippen molar-refractivity contribution in [2.75, 3.05) is 6.54 Å². The first-order chi connectivity index (χ1) is 9.80. The zero-order valence-electron chi connectivity index (χ0n) is 12.7. The molecular weight excluding hydrogens is 288 g/mol. The van der Waals surface area contributed by atoms with Crippen LogP contribution in [0.1, 0.15) is 20.8 Å². The molecule has 0 saturated heterocycles. The number of nitrogens with one attached hydrogen (secondary N) is 1. The highest BCUT2D eigenvalue weighted by molar-refractivity contribution is 7.13. The lowest BCUT2D eigenvalue weighted by Gasteiger charge is -2.17. The number of carbonyl (C=O) groups is 1. The van der Waals surface area contributed by atoms with Crippen LogP contribution in [-0.2, 0) is 18.4 Å². The van der Waals surface area contributed by atoms with Gasteiger partial charge in [0.1, 0.15) is 0 Å². The fourth-order valence-corrected chi connectivity index (χ4v) is 2.54. The molecule has 0 bridgehead atoms. The summed E-state index contributed by atoms with van der Waals surface area (Å²) in [5, 5.41) is 9.10. The molecule has 0 unspecified atom stereocenters. The van der Waals surface area contributed by atoms with Crippen LogP contribution in [0.4, 0.5) is 0 Å². The van der Waals surface area contributed by atoms with Gasteiger partial charge in [-0.25, -0.2) is 9.48 Å². The molecule has 0 atom stereocenters. The maximum Gasteiger partial charge on any atom is 0.346 e. The number of nitrogens with zero attached hydrogens (tertiary/aromatic N) is 3. The molecule has 0 radical (unpaired) electrons. The van der Waals surface area contributed by atoms with Crippen LogP contribution in [0.25, 0.3) is 10.7 Å². The van der Waals surface area contributed by atoms with E-state index in [1.807, 2.05) is 38.3 Å². The molecule has 0 aromatic carbocycles. The number of hydrogen-bond acceptors (Lipinski definition) is 4. The largest absolute Gasteiger partial charge is 0.354 e. The fraction of sp³-hybridized carbons (Fsp3) is 0.500. The quantitative estimate of drug-likeness (QED) is 0.930. The molecule has 0 fully saturated rings. The van der Waals surface area contributed by atoms with Gasteiger partial charge in [0.2, 0.25) is 5.91 Å². The molecule has 1 N–H and O–H groups in total. The Hall–Kier alpha value is -1.89. The molecule has 114 valence electrons. The predicted octanol–water partition coefficient (Wildman–Crippen LogP) is 1.47. The van der Waals surface area contributed by atoms with Gasteiger partial charge in [-0.2, -0.15) is 0 Å². The molecule has 0 aliphatic heterocycles. The van der Waals surface area contributed by atoms with Crippen molar-refractivity contribution < 1.29 is 4.79 Å². The van der Waals surface area contributed by atoms with E-state index in [2.05, 4.69) is 10.4 Å². The third-order valence-corrected chi connectivity index (χ3v) is 3.94. The molecule has 0 aliphatic carbocycles. The van der Waals surface area contributed by atoms with Crippen LogP contribution in [0.15, 0.2) is 22.3 Å². The first-order valence-corrected chi connectivity index (χ1v) is 7.64. The number of amides is 1. The van der Waals surface area contributed by atoms with Gasteiger partial charge in [0.05, 0.1) is 11.4 Å². The maximum absolute atomic E-state index is 12.1. The summed E-state index contributed by atoms with van der Waals surface area (Å²) in [6.07, 6.45) is 0. The monoisotopic (exact) mass is 308 g/mol. The Balaban J connectivity index is 2.07.